The van der Waals surface area contributed by atoms with Gasteiger partial charge in [-0.15, -0.1) is 0 Å². The molecule has 1 heterocycles. The Morgan fingerprint density at radius 3 is 2.36 bits per heavy atom. The number of benzene rings is 2. The molecule has 0 spiro atoms. The van der Waals surface area contributed by atoms with Crippen molar-refractivity contribution in [3.8, 4) is 0 Å². The molecule has 1 aliphatic heterocycles. The van der Waals surface area contributed by atoms with Crippen LogP contribution in [-0.2, 0) is 0 Å². The van der Waals surface area contributed by atoms with E-state index in [-0.39, 0.29) is 24.4 Å². The Labute approximate surface area is 178 Å². The predicted molar refractivity (Wildman–Crippen MR) is 111 cm³/mol. The van der Waals surface area contributed by atoms with Crippen molar-refractivity contribution in [1.29, 1.82) is 0 Å². The zero-order valence-electron chi connectivity index (χ0n) is 15.1. The van der Waals surface area contributed by atoms with Gasteiger partial charge in [0.2, 0.25) is 0 Å². The molecule has 3 rings (SSSR count). The lowest BCUT2D eigenvalue weighted by Crippen LogP contribution is -2.51. The van der Waals surface area contributed by atoms with E-state index in [0.717, 1.165) is 5.56 Å². The molecule has 8 heteroatoms. The lowest BCUT2D eigenvalue weighted by Gasteiger charge is -2.42. The van der Waals surface area contributed by atoms with Gasteiger partial charge in [-0.1, -0.05) is 40.9 Å². The summed E-state index contributed by atoms with van der Waals surface area (Å²) in [4.78, 5) is 27.5. The Morgan fingerprint density at radius 1 is 1.07 bits per heavy atom. The van der Waals surface area contributed by atoms with Crippen LogP contribution in [0, 0.1) is 0 Å². The van der Waals surface area contributed by atoms with Gasteiger partial charge in [0.15, 0.2) is 0 Å². The maximum Gasteiger partial charge on any atom is 0.407 e. The fraction of sp³-hybridized carbons (Fsp3) is 0.300. The fourth-order valence-electron chi connectivity index (χ4n) is 3.59. The molecule has 2 atom stereocenters. The van der Waals surface area contributed by atoms with E-state index in [9.17, 15) is 14.7 Å². The molecule has 0 unspecified atom stereocenters. The number of carbonyl (C=O) groups excluding carboxylic acids is 1. The number of likely N-dealkylation sites (tertiary alicyclic amines) is 1. The molecule has 0 aliphatic carbocycles. The zero-order valence-corrected chi connectivity index (χ0v) is 17.4. The van der Waals surface area contributed by atoms with Gasteiger partial charge >= 0.3 is 6.09 Å². The molecule has 2 amide bonds. The number of carbonyl (C=O) groups is 2. The van der Waals surface area contributed by atoms with E-state index in [2.05, 4.69) is 0 Å². The third kappa shape index (κ3) is 4.37. The van der Waals surface area contributed by atoms with Gasteiger partial charge in [-0.05, 0) is 48.4 Å². The molecule has 0 saturated carbocycles. The molecule has 1 saturated heterocycles. The molecular weight excluding hydrogens is 423 g/mol. The molecule has 1 aliphatic rings. The van der Waals surface area contributed by atoms with Crippen molar-refractivity contribution in [2.45, 2.75) is 18.4 Å². The van der Waals surface area contributed by atoms with Gasteiger partial charge in [0, 0.05) is 42.7 Å². The van der Waals surface area contributed by atoms with Crippen molar-refractivity contribution in [1.82, 2.24) is 9.80 Å². The predicted octanol–water partition coefficient (Wildman–Crippen LogP) is 5.25. The SMILES string of the molecule is CN(C(=O)c1ccc(Cl)cc1)[C@@H]1CCN(C(=O)O)C[C@H]1c1ccc(Cl)c(Cl)c1. The summed E-state index contributed by atoms with van der Waals surface area (Å²) in [5.74, 6) is -0.364. The Kier molecular flexibility index (Phi) is 6.38. The second-order valence-corrected chi connectivity index (χ2v) is 8.04. The average molecular weight is 442 g/mol. The summed E-state index contributed by atoms with van der Waals surface area (Å²) < 4.78 is 0. The number of rotatable bonds is 3. The quantitative estimate of drug-likeness (QED) is 0.707. The molecule has 0 bridgehead atoms. The maximum absolute atomic E-state index is 13.0. The van der Waals surface area contributed by atoms with E-state index in [1.54, 1.807) is 48.3 Å². The highest BCUT2D eigenvalue weighted by atomic mass is 35.5. The third-order valence-electron chi connectivity index (χ3n) is 5.13. The molecule has 28 heavy (non-hydrogen) atoms. The summed E-state index contributed by atoms with van der Waals surface area (Å²) >= 11 is 18.1. The van der Waals surface area contributed by atoms with Gasteiger partial charge in [-0.2, -0.15) is 0 Å². The normalized spacial score (nSPS) is 19.4. The van der Waals surface area contributed by atoms with E-state index in [0.29, 0.717) is 33.6 Å². The smallest absolute Gasteiger partial charge is 0.407 e. The number of amides is 2. The number of piperidine rings is 1. The molecule has 5 nitrogen and oxygen atoms in total. The Balaban J connectivity index is 1.91. The highest BCUT2D eigenvalue weighted by molar-refractivity contribution is 6.42. The Bertz CT molecular complexity index is 889. The largest absolute Gasteiger partial charge is 0.465 e. The third-order valence-corrected chi connectivity index (χ3v) is 6.12. The number of hydrogen-bond donors (Lipinski definition) is 1. The van der Waals surface area contributed by atoms with Gasteiger partial charge < -0.3 is 14.9 Å². The first-order chi connectivity index (χ1) is 13.3. The summed E-state index contributed by atoms with van der Waals surface area (Å²) in [6, 6.07) is 11.8. The summed E-state index contributed by atoms with van der Waals surface area (Å²) in [7, 11) is 1.74. The summed E-state index contributed by atoms with van der Waals surface area (Å²) in [5.41, 5.74) is 1.38. The van der Waals surface area contributed by atoms with E-state index in [1.165, 1.54) is 4.90 Å². The van der Waals surface area contributed by atoms with E-state index in [1.807, 2.05) is 6.07 Å². The lowest BCUT2D eigenvalue weighted by atomic mass is 9.85. The first kappa shape index (κ1) is 20.8. The number of hydrogen-bond acceptors (Lipinski definition) is 2. The summed E-state index contributed by atoms with van der Waals surface area (Å²) in [6.07, 6.45) is -0.456. The lowest BCUT2D eigenvalue weighted by molar-refractivity contribution is 0.0591. The first-order valence-corrected chi connectivity index (χ1v) is 9.87. The minimum absolute atomic E-state index is 0.143. The van der Waals surface area contributed by atoms with Gasteiger partial charge in [-0.3, -0.25) is 4.79 Å². The van der Waals surface area contributed by atoms with Crippen LogP contribution in [0.2, 0.25) is 15.1 Å². The number of nitrogens with zero attached hydrogens (tertiary/aromatic N) is 2. The van der Waals surface area contributed by atoms with Crippen LogP contribution in [0.1, 0.15) is 28.3 Å². The molecular formula is C20H19Cl3N2O3. The second kappa shape index (κ2) is 8.60. The van der Waals surface area contributed by atoms with E-state index in [4.69, 9.17) is 34.8 Å². The van der Waals surface area contributed by atoms with Gasteiger partial charge in [0.1, 0.15) is 0 Å². The molecule has 0 aromatic heterocycles. The maximum atomic E-state index is 13.0. The van der Waals surface area contributed by atoms with Crippen molar-refractivity contribution >= 4 is 46.8 Å². The van der Waals surface area contributed by atoms with Crippen molar-refractivity contribution in [3.05, 3.63) is 68.7 Å². The van der Waals surface area contributed by atoms with Crippen LogP contribution in [0.5, 0.6) is 0 Å². The standard InChI is InChI=1S/C20H19Cl3N2O3/c1-24(19(26)12-2-5-14(21)6-3-12)18-8-9-25(20(27)28)11-15(18)13-4-7-16(22)17(23)10-13/h2-7,10,15,18H,8-9,11H2,1H3,(H,27,28)/t15-,18+/m0/s1. The van der Waals surface area contributed by atoms with Crippen LogP contribution in [0.3, 0.4) is 0 Å². The Morgan fingerprint density at radius 2 is 1.75 bits per heavy atom. The Hall–Kier alpha value is -1.95. The van der Waals surface area contributed by atoms with Crippen molar-refractivity contribution < 1.29 is 14.7 Å². The molecule has 148 valence electrons. The van der Waals surface area contributed by atoms with Gasteiger partial charge in [-0.25, -0.2) is 4.79 Å². The molecule has 2 aromatic rings. The van der Waals surface area contributed by atoms with Crippen LogP contribution < -0.4 is 0 Å². The van der Waals surface area contributed by atoms with Crippen LogP contribution >= 0.6 is 34.8 Å². The average Bonchev–Trinajstić information content (AvgIpc) is 2.69. The van der Waals surface area contributed by atoms with E-state index < -0.39 is 6.09 Å². The molecule has 0 radical (unpaired) electrons. The highest BCUT2D eigenvalue weighted by Gasteiger charge is 2.36. The van der Waals surface area contributed by atoms with Crippen molar-refractivity contribution in [2.24, 2.45) is 0 Å². The van der Waals surface area contributed by atoms with E-state index >= 15 is 0 Å². The van der Waals surface area contributed by atoms with Crippen molar-refractivity contribution in [2.75, 3.05) is 20.1 Å². The monoisotopic (exact) mass is 440 g/mol. The van der Waals surface area contributed by atoms with Crippen LogP contribution in [0.25, 0.3) is 0 Å². The number of carboxylic acid groups (broad SMARTS) is 1. The van der Waals surface area contributed by atoms with Crippen LogP contribution in [0.15, 0.2) is 42.5 Å². The number of halogens is 3. The summed E-state index contributed by atoms with van der Waals surface area (Å²) in [6.45, 7) is 0.631. The van der Waals surface area contributed by atoms with Crippen molar-refractivity contribution in [3.63, 3.8) is 0 Å². The first-order valence-electron chi connectivity index (χ1n) is 8.73. The topological polar surface area (TPSA) is 60.9 Å². The molecule has 2 aromatic carbocycles. The fourth-order valence-corrected chi connectivity index (χ4v) is 4.03. The second-order valence-electron chi connectivity index (χ2n) is 6.79. The minimum atomic E-state index is -0.977. The van der Waals surface area contributed by atoms with Crippen LogP contribution in [-0.4, -0.2) is 53.1 Å². The summed E-state index contributed by atoms with van der Waals surface area (Å²) in [5, 5.41) is 10.8. The molecule has 1 fully saturated rings. The zero-order chi connectivity index (χ0) is 20.4. The molecule has 1 N–H and O–H groups in total. The van der Waals surface area contributed by atoms with Gasteiger partial charge in [0.25, 0.3) is 5.91 Å². The van der Waals surface area contributed by atoms with Crippen LogP contribution in [0.4, 0.5) is 4.79 Å². The minimum Gasteiger partial charge on any atom is -0.465 e. The van der Waals surface area contributed by atoms with Gasteiger partial charge in [0.05, 0.1) is 10.0 Å². The highest BCUT2D eigenvalue weighted by Crippen LogP contribution is 2.34. The number of likely N-dealkylation sites (N-methyl/N-ethyl adjacent to an activating group) is 1.